The first-order valence-corrected chi connectivity index (χ1v) is 4.71. The van der Waals surface area contributed by atoms with Gasteiger partial charge in [0.15, 0.2) is 0 Å². The van der Waals surface area contributed by atoms with Crippen LogP contribution in [0.15, 0.2) is 0 Å². The van der Waals surface area contributed by atoms with Crippen LogP contribution in [0.2, 0.25) is 0 Å². The van der Waals surface area contributed by atoms with Crippen LogP contribution < -0.4 is 10.6 Å². The van der Waals surface area contributed by atoms with Gasteiger partial charge in [-0.25, -0.2) is 0 Å². The normalized spacial score (nSPS) is 11.4. The number of aliphatic hydroxyl groups is 2. The van der Waals surface area contributed by atoms with Crippen molar-refractivity contribution in [2.75, 3.05) is 33.4 Å². The van der Waals surface area contributed by atoms with E-state index >= 15 is 0 Å². The molecule has 84 valence electrons. The summed E-state index contributed by atoms with van der Waals surface area (Å²) in [5, 5.41) is 23.4. The first kappa shape index (κ1) is 13.4. The Kier molecular flexibility index (Phi) is 6.44. The molecule has 0 aromatic heterocycles. The van der Waals surface area contributed by atoms with Gasteiger partial charge in [0.1, 0.15) is 0 Å². The minimum atomic E-state index is -0.511. The van der Waals surface area contributed by atoms with E-state index in [-0.39, 0.29) is 19.1 Å². The molecule has 14 heavy (non-hydrogen) atoms. The van der Waals surface area contributed by atoms with Gasteiger partial charge in [-0.2, -0.15) is 0 Å². The van der Waals surface area contributed by atoms with Crippen molar-refractivity contribution in [3.05, 3.63) is 0 Å². The Morgan fingerprint density at radius 2 is 1.93 bits per heavy atom. The molecule has 0 aliphatic heterocycles. The fraction of sp³-hybridized carbons (Fsp3) is 0.889. The van der Waals surface area contributed by atoms with Gasteiger partial charge in [-0.3, -0.25) is 4.79 Å². The quantitative estimate of drug-likeness (QED) is 0.389. The molecular weight excluding hydrogens is 184 g/mol. The first-order valence-electron chi connectivity index (χ1n) is 4.71. The van der Waals surface area contributed by atoms with E-state index in [1.807, 2.05) is 0 Å². The van der Waals surface area contributed by atoms with Crippen molar-refractivity contribution in [3.63, 3.8) is 0 Å². The second-order valence-corrected chi connectivity index (χ2v) is 3.73. The predicted octanol–water partition coefficient (Wildman–Crippen LogP) is -1.30. The average Bonchev–Trinajstić information content (AvgIpc) is 2.23. The van der Waals surface area contributed by atoms with Crippen molar-refractivity contribution in [2.45, 2.75) is 13.3 Å². The van der Waals surface area contributed by atoms with Crippen molar-refractivity contribution in [1.82, 2.24) is 10.6 Å². The third-order valence-corrected chi connectivity index (χ3v) is 2.12. The van der Waals surface area contributed by atoms with Gasteiger partial charge in [-0.15, -0.1) is 0 Å². The van der Waals surface area contributed by atoms with Crippen LogP contribution in [0.25, 0.3) is 0 Å². The molecule has 0 atom stereocenters. The van der Waals surface area contributed by atoms with Crippen LogP contribution in [0.3, 0.4) is 0 Å². The number of hydrogen-bond donors (Lipinski definition) is 4. The molecule has 0 spiro atoms. The predicted molar refractivity (Wildman–Crippen MR) is 53.8 cm³/mol. The Bertz CT molecular complexity index is 169. The molecule has 0 fully saturated rings. The van der Waals surface area contributed by atoms with Gasteiger partial charge in [-0.1, -0.05) is 6.92 Å². The van der Waals surface area contributed by atoms with Crippen LogP contribution in [0, 0.1) is 5.41 Å². The lowest BCUT2D eigenvalue weighted by Crippen LogP contribution is -2.39. The number of hydrogen-bond acceptors (Lipinski definition) is 4. The van der Waals surface area contributed by atoms with Crippen LogP contribution in [-0.2, 0) is 4.79 Å². The van der Waals surface area contributed by atoms with E-state index in [2.05, 4.69) is 10.6 Å². The topological polar surface area (TPSA) is 81.6 Å². The SMILES string of the molecule is CNC(=O)CCNCC(C)(CO)CO. The zero-order valence-corrected chi connectivity index (χ0v) is 8.84. The van der Waals surface area contributed by atoms with E-state index in [4.69, 9.17) is 10.2 Å². The highest BCUT2D eigenvalue weighted by atomic mass is 16.3. The Balaban J connectivity index is 3.57. The second-order valence-electron chi connectivity index (χ2n) is 3.73. The number of amides is 1. The van der Waals surface area contributed by atoms with E-state index in [1.165, 1.54) is 0 Å². The summed E-state index contributed by atoms with van der Waals surface area (Å²) in [4.78, 5) is 10.8. The largest absolute Gasteiger partial charge is 0.396 e. The summed E-state index contributed by atoms with van der Waals surface area (Å²) in [6.45, 7) is 2.68. The minimum Gasteiger partial charge on any atom is -0.396 e. The van der Waals surface area contributed by atoms with E-state index in [9.17, 15) is 4.79 Å². The molecule has 0 radical (unpaired) electrons. The van der Waals surface area contributed by atoms with E-state index in [1.54, 1.807) is 14.0 Å². The summed E-state index contributed by atoms with van der Waals surface area (Å²) in [5.41, 5.74) is -0.511. The lowest BCUT2D eigenvalue weighted by atomic mass is 9.93. The molecule has 5 heteroatoms. The Labute approximate surface area is 84.5 Å². The van der Waals surface area contributed by atoms with Crippen LogP contribution >= 0.6 is 0 Å². The standard InChI is InChI=1S/C9H20N2O3/c1-9(6-12,7-13)5-11-4-3-8(14)10-2/h11-13H,3-7H2,1-2H3,(H,10,14). The fourth-order valence-corrected chi connectivity index (χ4v) is 0.879. The number of carbonyl (C=O) groups excluding carboxylic acids is 1. The van der Waals surface area contributed by atoms with Crippen LogP contribution in [0.5, 0.6) is 0 Å². The van der Waals surface area contributed by atoms with Crippen molar-refractivity contribution in [1.29, 1.82) is 0 Å². The second kappa shape index (κ2) is 6.75. The summed E-state index contributed by atoms with van der Waals surface area (Å²) < 4.78 is 0. The molecule has 0 bridgehead atoms. The number of carbonyl (C=O) groups is 1. The number of nitrogens with one attached hydrogen (secondary N) is 2. The highest BCUT2D eigenvalue weighted by Gasteiger charge is 2.21. The van der Waals surface area contributed by atoms with Crippen LogP contribution in [0.4, 0.5) is 0 Å². The molecule has 5 nitrogen and oxygen atoms in total. The van der Waals surface area contributed by atoms with Gasteiger partial charge in [0.05, 0.1) is 13.2 Å². The Morgan fingerprint density at radius 1 is 1.36 bits per heavy atom. The summed E-state index contributed by atoms with van der Waals surface area (Å²) in [5.74, 6) is -0.0211. The molecular formula is C9H20N2O3. The van der Waals surface area contributed by atoms with E-state index < -0.39 is 5.41 Å². The van der Waals surface area contributed by atoms with Crippen molar-refractivity contribution >= 4 is 5.91 Å². The third-order valence-electron chi connectivity index (χ3n) is 2.12. The maximum absolute atomic E-state index is 10.8. The maximum atomic E-state index is 10.8. The van der Waals surface area contributed by atoms with Crippen molar-refractivity contribution in [2.24, 2.45) is 5.41 Å². The number of aliphatic hydroxyl groups excluding tert-OH is 2. The molecule has 0 aromatic carbocycles. The summed E-state index contributed by atoms with van der Waals surface area (Å²) in [6, 6.07) is 0. The summed E-state index contributed by atoms with van der Waals surface area (Å²) in [7, 11) is 1.59. The third kappa shape index (κ3) is 5.16. The molecule has 0 heterocycles. The molecule has 0 aliphatic carbocycles. The van der Waals surface area contributed by atoms with Gasteiger partial charge in [0.25, 0.3) is 0 Å². The molecule has 1 amide bonds. The summed E-state index contributed by atoms with van der Waals surface area (Å²) in [6.07, 6.45) is 0.406. The van der Waals surface area contributed by atoms with Crippen molar-refractivity contribution < 1.29 is 15.0 Å². The molecule has 0 saturated carbocycles. The lowest BCUT2D eigenvalue weighted by molar-refractivity contribution is -0.120. The minimum absolute atomic E-state index is 0.0211. The fourth-order valence-electron chi connectivity index (χ4n) is 0.879. The molecule has 4 N–H and O–H groups in total. The molecule has 0 aliphatic rings. The highest BCUT2D eigenvalue weighted by molar-refractivity contribution is 5.75. The van der Waals surface area contributed by atoms with Crippen molar-refractivity contribution in [3.8, 4) is 0 Å². The molecule has 0 unspecified atom stereocenters. The van der Waals surface area contributed by atoms with Crippen LogP contribution in [0.1, 0.15) is 13.3 Å². The smallest absolute Gasteiger partial charge is 0.221 e. The average molecular weight is 204 g/mol. The first-order chi connectivity index (χ1) is 6.58. The Morgan fingerprint density at radius 3 is 2.36 bits per heavy atom. The van der Waals surface area contributed by atoms with E-state index in [0.717, 1.165) is 0 Å². The highest BCUT2D eigenvalue weighted by Crippen LogP contribution is 2.11. The molecule has 0 saturated heterocycles. The monoisotopic (exact) mass is 204 g/mol. The zero-order valence-electron chi connectivity index (χ0n) is 8.84. The zero-order chi connectivity index (χ0) is 11.0. The van der Waals surface area contributed by atoms with Gasteiger partial charge in [0, 0.05) is 32.0 Å². The molecule has 0 rings (SSSR count). The van der Waals surface area contributed by atoms with Crippen LogP contribution in [-0.4, -0.2) is 49.5 Å². The lowest BCUT2D eigenvalue weighted by Gasteiger charge is -2.24. The Hall–Kier alpha value is -0.650. The maximum Gasteiger partial charge on any atom is 0.221 e. The van der Waals surface area contributed by atoms with Gasteiger partial charge >= 0.3 is 0 Å². The van der Waals surface area contributed by atoms with Gasteiger partial charge in [0.2, 0.25) is 5.91 Å². The summed E-state index contributed by atoms with van der Waals surface area (Å²) >= 11 is 0. The van der Waals surface area contributed by atoms with Gasteiger partial charge < -0.3 is 20.8 Å². The van der Waals surface area contributed by atoms with Gasteiger partial charge in [-0.05, 0) is 0 Å². The number of rotatable bonds is 7. The molecule has 0 aromatic rings. The van der Waals surface area contributed by atoms with E-state index in [0.29, 0.717) is 19.5 Å².